The molecular weight excluding hydrogens is 282 g/mol. The van der Waals surface area contributed by atoms with E-state index in [-0.39, 0.29) is 22.7 Å². The number of nitrogens with zero attached hydrogens (tertiary/aromatic N) is 1. The zero-order chi connectivity index (χ0) is 15.9. The molecule has 2 aromatic rings. The number of nitrogen functional groups attached to an aromatic ring is 1. The fourth-order valence-electron chi connectivity index (χ4n) is 2.47. The predicted octanol–water partition coefficient (Wildman–Crippen LogP) is 2.03. The predicted molar refractivity (Wildman–Crippen MR) is 82.7 cm³/mol. The molecule has 22 heavy (non-hydrogen) atoms. The highest BCUT2D eigenvalue weighted by atomic mass is 16.2. The summed E-state index contributed by atoms with van der Waals surface area (Å²) in [6.45, 7) is 1.38. The largest absolute Gasteiger partial charge is 0.398 e. The minimum absolute atomic E-state index is 0.220. The van der Waals surface area contributed by atoms with Gasteiger partial charge in [0.1, 0.15) is 0 Å². The van der Waals surface area contributed by atoms with Gasteiger partial charge < -0.3 is 11.1 Å². The third-order valence-corrected chi connectivity index (χ3v) is 3.37. The molecule has 0 saturated heterocycles. The monoisotopic (exact) mass is 295 g/mol. The average molecular weight is 295 g/mol. The number of anilines is 3. The van der Waals surface area contributed by atoms with Crippen LogP contribution in [-0.4, -0.2) is 17.7 Å². The summed E-state index contributed by atoms with van der Waals surface area (Å²) >= 11 is 0. The second-order valence-corrected chi connectivity index (χ2v) is 4.95. The molecule has 0 atom stereocenters. The van der Waals surface area contributed by atoms with Crippen LogP contribution in [0, 0.1) is 0 Å². The molecule has 0 spiro atoms. The van der Waals surface area contributed by atoms with Crippen molar-refractivity contribution in [2.24, 2.45) is 0 Å². The maximum absolute atomic E-state index is 12.5. The number of carbonyl (C=O) groups is 3. The molecule has 1 aliphatic heterocycles. The molecule has 0 fully saturated rings. The number of hydrogen-bond donors (Lipinski definition) is 2. The van der Waals surface area contributed by atoms with E-state index >= 15 is 0 Å². The summed E-state index contributed by atoms with van der Waals surface area (Å²) < 4.78 is 0. The molecule has 1 heterocycles. The first-order chi connectivity index (χ1) is 10.5. The molecule has 3 rings (SSSR count). The summed E-state index contributed by atoms with van der Waals surface area (Å²) in [5.41, 5.74) is 7.48. The molecule has 0 radical (unpaired) electrons. The van der Waals surface area contributed by atoms with Gasteiger partial charge in [-0.05, 0) is 30.3 Å². The third kappa shape index (κ3) is 2.10. The standard InChI is InChI=1S/C16H13N3O3/c1-9(20)18-10-4-2-5-11(8-10)19-15(21)12-6-3-7-13(17)14(12)16(19)22/h2-8H,17H2,1H3,(H,18,20). The molecule has 0 unspecified atom stereocenters. The van der Waals surface area contributed by atoms with Gasteiger partial charge in [-0.2, -0.15) is 0 Å². The van der Waals surface area contributed by atoms with Gasteiger partial charge in [0.05, 0.1) is 16.8 Å². The summed E-state index contributed by atoms with van der Waals surface area (Å²) in [6.07, 6.45) is 0. The maximum atomic E-state index is 12.5. The van der Waals surface area contributed by atoms with E-state index in [1.54, 1.807) is 42.5 Å². The summed E-state index contributed by atoms with van der Waals surface area (Å²) in [7, 11) is 0. The second kappa shape index (κ2) is 5.00. The van der Waals surface area contributed by atoms with Crippen molar-refractivity contribution < 1.29 is 14.4 Å². The van der Waals surface area contributed by atoms with E-state index in [1.165, 1.54) is 6.92 Å². The van der Waals surface area contributed by atoms with E-state index in [1.807, 2.05) is 0 Å². The first kappa shape index (κ1) is 13.8. The zero-order valence-electron chi connectivity index (χ0n) is 11.8. The van der Waals surface area contributed by atoms with Crippen LogP contribution in [0.2, 0.25) is 0 Å². The van der Waals surface area contributed by atoms with Crippen LogP contribution >= 0.6 is 0 Å². The molecule has 3 amide bonds. The number of imide groups is 1. The molecule has 2 aromatic carbocycles. The van der Waals surface area contributed by atoms with E-state index in [9.17, 15) is 14.4 Å². The van der Waals surface area contributed by atoms with Gasteiger partial charge in [-0.1, -0.05) is 12.1 Å². The number of hydrogen-bond acceptors (Lipinski definition) is 4. The Morgan fingerprint density at radius 1 is 1.09 bits per heavy atom. The number of carbonyl (C=O) groups excluding carboxylic acids is 3. The number of nitrogens with two attached hydrogens (primary N) is 1. The number of benzene rings is 2. The topological polar surface area (TPSA) is 92.5 Å². The first-order valence-electron chi connectivity index (χ1n) is 6.64. The van der Waals surface area contributed by atoms with Gasteiger partial charge >= 0.3 is 0 Å². The Morgan fingerprint density at radius 3 is 2.50 bits per heavy atom. The van der Waals surface area contributed by atoms with E-state index in [4.69, 9.17) is 5.73 Å². The summed E-state index contributed by atoms with van der Waals surface area (Å²) in [4.78, 5) is 37.1. The van der Waals surface area contributed by atoms with Crippen LogP contribution in [0.1, 0.15) is 27.6 Å². The SMILES string of the molecule is CC(=O)Nc1cccc(N2C(=O)c3cccc(N)c3C2=O)c1. The van der Waals surface area contributed by atoms with Crippen molar-refractivity contribution in [2.45, 2.75) is 6.92 Å². The maximum Gasteiger partial charge on any atom is 0.268 e. The van der Waals surface area contributed by atoms with Crippen molar-refractivity contribution in [1.29, 1.82) is 0 Å². The molecule has 0 bridgehead atoms. The minimum atomic E-state index is -0.460. The highest BCUT2D eigenvalue weighted by molar-refractivity contribution is 6.36. The van der Waals surface area contributed by atoms with Crippen molar-refractivity contribution in [2.75, 3.05) is 16.0 Å². The molecule has 110 valence electrons. The molecule has 1 aliphatic rings. The van der Waals surface area contributed by atoms with Crippen molar-refractivity contribution in [3.8, 4) is 0 Å². The molecule has 3 N–H and O–H groups in total. The van der Waals surface area contributed by atoms with Crippen LogP contribution in [0.3, 0.4) is 0 Å². The molecule has 0 aromatic heterocycles. The van der Waals surface area contributed by atoms with E-state index < -0.39 is 11.8 Å². The highest BCUT2D eigenvalue weighted by Gasteiger charge is 2.38. The molecule has 6 nitrogen and oxygen atoms in total. The van der Waals surface area contributed by atoms with Crippen LogP contribution in [0.5, 0.6) is 0 Å². The van der Waals surface area contributed by atoms with E-state index in [0.717, 1.165) is 4.90 Å². The Bertz CT molecular complexity index is 814. The Morgan fingerprint density at radius 2 is 1.82 bits per heavy atom. The highest BCUT2D eigenvalue weighted by Crippen LogP contribution is 2.32. The van der Waals surface area contributed by atoms with Crippen LogP contribution in [-0.2, 0) is 4.79 Å². The van der Waals surface area contributed by atoms with Gasteiger partial charge in [0.15, 0.2) is 0 Å². The van der Waals surface area contributed by atoms with Crippen molar-refractivity contribution in [3.05, 3.63) is 53.6 Å². The molecule has 6 heteroatoms. The smallest absolute Gasteiger partial charge is 0.268 e. The lowest BCUT2D eigenvalue weighted by molar-refractivity contribution is -0.114. The first-order valence-corrected chi connectivity index (χ1v) is 6.64. The van der Waals surface area contributed by atoms with Gasteiger partial charge in [-0.15, -0.1) is 0 Å². The van der Waals surface area contributed by atoms with Crippen LogP contribution in [0.25, 0.3) is 0 Å². The Balaban J connectivity index is 2.04. The van der Waals surface area contributed by atoms with Gasteiger partial charge in [0.25, 0.3) is 11.8 Å². The zero-order valence-corrected chi connectivity index (χ0v) is 11.8. The van der Waals surface area contributed by atoms with Crippen molar-refractivity contribution in [1.82, 2.24) is 0 Å². The van der Waals surface area contributed by atoms with Crippen LogP contribution < -0.4 is 16.0 Å². The number of rotatable bonds is 2. The number of amides is 3. The summed E-state index contributed by atoms with van der Waals surface area (Å²) in [5.74, 6) is -1.12. The Labute approximate surface area is 126 Å². The average Bonchev–Trinajstić information content (AvgIpc) is 2.71. The number of fused-ring (bicyclic) bond motifs is 1. The fourth-order valence-corrected chi connectivity index (χ4v) is 2.47. The van der Waals surface area contributed by atoms with Crippen molar-refractivity contribution in [3.63, 3.8) is 0 Å². The lowest BCUT2D eigenvalue weighted by atomic mass is 10.1. The Kier molecular flexibility index (Phi) is 3.14. The van der Waals surface area contributed by atoms with Gasteiger partial charge in [-0.25, -0.2) is 4.90 Å². The van der Waals surface area contributed by atoms with Gasteiger partial charge in [-0.3, -0.25) is 14.4 Å². The van der Waals surface area contributed by atoms with Crippen LogP contribution in [0.4, 0.5) is 17.1 Å². The quantitative estimate of drug-likeness (QED) is 0.655. The van der Waals surface area contributed by atoms with Crippen LogP contribution in [0.15, 0.2) is 42.5 Å². The normalized spacial score (nSPS) is 13.2. The van der Waals surface area contributed by atoms with E-state index in [2.05, 4.69) is 5.32 Å². The second-order valence-electron chi connectivity index (χ2n) is 4.95. The minimum Gasteiger partial charge on any atom is -0.398 e. The summed E-state index contributed by atoms with van der Waals surface area (Å²) in [6, 6.07) is 11.3. The van der Waals surface area contributed by atoms with E-state index in [0.29, 0.717) is 11.4 Å². The summed E-state index contributed by atoms with van der Waals surface area (Å²) in [5, 5.41) is 2.62. The molecule has 0 aliphatic carbocycles. The van der Waals surface area contributed by atoms with Crippen molar-refractivity contribution >= 4 is 34.8 Å². The molecular formula is C16H13N3O3. The molecule has 0 saturated carbocycles. The lowest BCUT2D eigenvalue weighted by Crippen LogP contribution is -2.29. The third-order valence-electron chi connectivity index (χ3n) is 3.37. The lowest BCUT2D eigenvalue weighted by Gasteiger charge is -2.15. The van der Waals surface area contributed by atoms with Gasteiger partial charge in [0.2, 0.25) is 5.91 Å². The number of nitrogens with one attached hydrogen (secondary N) is 1. The Hall–Kier alpha value is -3.15. The fraction of sp³-hybridized carbons (Fsp3) is 0.0625. The van der Waals surface area contributed by atoms with Gasteiger partial charge in [0, 0.05) is 18.3 Å².